The molecule has 2 aromatic rings. The highest BCUT2D eigenvalue weighted by Gasteiger charge is 2.31. The Hall–Kier alpha value is -2.08. The molecule has 6 heteroatoms. The molecule has 2 aromatic carbocycles. The zero-order valence-electron chi connectivity index (χ0n) is 10.2. The van der Waals surface area contributed by atoms with Crippen molar-refractivity contribution in [2.24, 2.45) is 5.73 Å². The summed E-state index contributed by atoms with van der Waals surface area (Å²) in [6.07, 6.45) is -4.78. The molecule has 0 atom stereocenters. The lowest BCUT2D eigenvalue weighted by Crippen LogP contribution is -2.17. The van der Waals surface area contributed by atoms with Gasteiger partial charge in [-0.15, -0.1) is 13.2 Å². The molecular formula is C14H11F4NO. The standard InChI is InChI=1S/C14H11F4NO/c15-13-10(8-19)4-2-6-12(13)9-3-1-5-11(7-9)20-14(16,17)18/h1-7H,8,19H2. The van der Waals surface area contributed by atoms with E-state index in [0.717, 1.165) is 12.1 Å². The van der Waals surface area contributed by atoms with E-state index in [0.29, 0.717) is 11.1 Å². The smallest absolute Gasteiger partial charge is 0.406 e. The molecule has 0 spiro atoms. The molecule has 0 heterocycles. The van der Waals surface area contributed by atoms with Gasteiger partial charge in [0.15, 0.2) is 0 Å². The Morgan fingerprint density at radius 3 is 2.40 bits per heavy atom. The average Bonchev–Trinajstić information content (AvgIpc) is 2.37. The van der Waals surface area contributed by atoms with Gasteiger partial charge in [0.25, 0.3) is 0 Å². The summed E-state index contributed by atoms with van der Waals surface area (Å²) in [5, 5.41) is 0. The number of ether oxygens (including phenoxy) is 1. The maximum Gasteiger partial charge on any atom is 0.573 e. The fourth-order valence-electron chi connectivity index (χ4n) is 1.82. The van der Waals surface area contributed by atoms with E-state index in [1.807, 2.05) is 0 Å². The minimum atomic E-state index is -4.78. The maximum absolute atomic E-state index is 14.1. The van der Waals surface area contributed by atoms with Crippen molar-refractivity contribution in [1.29, 1.82) is 0 Å². The van der Waals surface area contributed by atoms with E-state index in [9.17, 15) is 17.6 Å². The number of benzene rings is 2. The summed E-state index contributed by atoms with van der Waals surface area (Å²) in [4.78, 5) is 0. The highest BCUT2D eigenvalue weighted by atomic mass is 19.4. The van der Waals surface area contributed by atoms with E-state index < -0.39 is 17.9 Å². The van der Waals surface area contributed by atoms with Gasteiger partial charge in [0.05, 0.1) is 0 Å². The highest BCUT2D eigenvalue weighted by Crippen LogP contribution is 2.30. The molecular weight excluding hydrogens is 274 g/mol. The fraction of sp³-hybridized carbons (Fsp3) is 0.143. The fourth-order valence-corrected chi connectivity index (χ4v) is 1.82. The van der Waals surface area contributed by atoms with Crippen LogP contribution in [0.1, 0.15) is 5.56 Å². The lowest BCUT2D eigenvalue weighted by atomic mass is 10.0. The lowest BCUT2D eigenvalue weighted by molar-refractivity contribution is -0.274. The second kappa shape index (κ2) is 5.50. The van der Waals surface area contributed by atoms with Crippen molar-refractivity contribution in [3.63, 3.8) is 0 Å². The molecule has 2 N–H and O–H groups in total. The van der Waals surface area contributed by atoms with Crippen molar-refractivity contribution in [2.45, 2.75) is 12.9 Å². The Bertz CT molecular complexity index is 610. The third kappa shape index (κ3) is 3.27. The van der Waals surface area contributed by atoms with Crippen LogP contribution in [0, 0.1) is 5.82 Å². The van der Waals surface area contributed by atoms with Crippen LogP contribution in [0.25, 0.3) is 11.1 Å². The van der Waals surface area contributed by atoms with Crippen LogP contribution < -0.4 is 10.5 Å². The Labute approximate surface area is 112 Å². The molecule has 0 radical (unpaired) electrons. The van der Waals surface area contributed by atoms with E-state index in [2.05, 4.69) is 4.74 Å². The van der Waals surface area contributed by atoms with Crippen LogP contribution in [0.4, 0.5) is 17.6 Å². The van der Waals surface area contributed by atoms with E-state index in [-0.39, 0.29) is 12.1 Å². The van der Waals surface area contributed by atoms with Gasteiger partial charge in [-0.25, -0.2) is 4.39 Å². The molecule has 0 aliphatic heterocycles. The van der Waals surface area contributed by atoms with Gasteiger partial charge >= 0.3 is 6.36 Å². The van der Waals surface area contributed by atoms with Crippen molar-refractivity contribution in [3.8, 4) is 16.9 Å². The first kappa shape index (κ1) is 14.3. The first-order valence-corrected chi connectivity index (χ1v) is 5.74. The van der Waals surface area contributed by atoms with Gasteiger partial charge < -0.3 is 10.5 Å². The first-order chi connectivity index (χ1) is 9.40. The average molecular weight is 285 g/mol. The van der Waals surface area contributed by atoms with Gasteiger partial charge in [-0.1, -0.05) is 30.3 Å². The largest absolute Gasteiger partial charge is 0.573 e. The Kier molecular flexibility index (Phi) is 3.94. The number of alkyl halides is 3. The van der Waals surface area contributed by atoms with Gasteiger partial charge in [0.1, 0.15) is 11.6 Å². The topological polar surface area (TPSA) is 35.2 Å². The van der Waals surface area contributed by atoms with Crippen molar-refractivity contribution < 1.29 is 22.3 Å². The van der Waals surface area contributed by atoms with Crippen molar-refractivity contribution in [2.75, 3.05) is 0 Å². The van der Waals surface area contributed by atoms with Crippen LogP contribution in [0.3, 0.4) is 0 Å². The summed E-state index contributed by atoms with van der Waals surface area (Å²) in [6, 6.07) is 9.74. The predicted octanol–water partition coefficient (Wildman–Crippen LogP) is 3.85. The van der Waals surface area contributed by atoms with E-state index in [1.54, 1.807) is 6.07 Å². The molecule has 0 saturated carbocycles. The number of rotatable bonds is 3. The van der Waals surface area contributed by atoms with Crippen molar-refractivity contribution in [1.82, 2.24) is 0 Å². The molecule has 2 nitrogen and oxygen atoms in total. The Morgan fingerprint density at radius 1 is 1.05 bits per heavy atom. The quantitative estimate of drug-likeness (QED) is 0.869. The zero-order valence-corrected chi connectivity index (χ0v) is 10.2. The zero-order chi connectivity index (χ0) is 14.8. The molecule has 0 bridgehead atoms. The number of hydrogen-bond acceptors (Lipinski definition) is 2. The van der Waals surface area contributed by atoms with Crippen LogP contribution in [-0.4, -0.2) is 6.36 Å². The van der Waals surface area contributed by atoms with Crippen LogP contribution in [-0.2, 0) is 6.54 Å². The molecule has 0 unspecified atom stereocenters. The third-order valence-corrected chi connectivity index (χ3v) is 2.68. The van der Waals surface area contributed by atoms with E-state index >= 15 is 0 Å². The minimum Gasteiger partial charge on any atom is -0.406 e. The van der Waals surface area contributed by atoms with Gasteiger partial charge in [-0.3, -0.25) is 0 Å². The summed E-state index contributed by atoms with van der Waals surface area (Å²) in [5.41, 5.74) is 6.17. The van der Waals surface area contributed by atoms with Gasteiger partial charge in [0.2, 0.25) is 0 Å². The lowest BCUT2D eigenvalue weighted by Gasteiger charge is -2.11. The molecule has 0 aliphatic rings. The Balaban J connectivity index is 2.41. The SMILES string of the molecule is NCc1cccc(-c2cccc(OC(F)(F)F)c2)c1F. The summed E-state index contributed by atoms with van der Waals surface area (Å²) < 4.78 is 54.4. The van der Waals surface area contributed by atoms with E-state index in [1.165, 1.54) is 24.3 Å². The van der Waals surface area contributed by atoms with E-state index in [4.69, 9.17) is 5.73 Å². The summed E-state index contributed by atoms with van der Waals surface area (Å²) >= 11 is 0. The van der Waals surface area contributed by atoms with Gasteiger partial charge in [0, 0.05) is 17.7 Å². The monoisotopic (exact) mass is 285 g/mol. The Morgan fingerprint density at radius 2 is 1.75 bits per heavy atom. The van der Waals surface area contributed by atoms with Crippen molar-refractivity contribution >= 4 is 0 Å². The van der Waals surface area contributed by atoms with Crippen LogP contribution in [0.15, 0.2) is 42.5 Å². The molecule has 106 valence electrons. The molecule has 2 rings (SSSR count). The van der Waals surface area contributed by atoms with Crippen LogP contribution in [0.5, 0.6) is 5.75 Å². The maximum atomic E-state index is 14.1. The number of halogens is 4. The van der Waals surface area contributed by atoms with Crippen LogP contribution >= 0.6 is 0 Å². The number of nitrogens with two attached hydrogens (primary N) is 1. The molecule has 0 aliphatic carbocycles. The number of hydrogen-bond donors (Lipinski definition) is 1. The summed E-state index contributed by atoms with van der Waals surface area (Å²) in [5.74, 6) is -0.938. The molecule has 0 saturated heterocycles. The van der Waals surface area contributed by atoms with Gasteiger partial charge in [-0.05, 0) is 17.7 Å². The second-order valence-corrected chi connectivity index (χ2v) is 4.06. The molecule has 0 amide bonds. The van der Waals surface area contributed by atoms with Gasteiger partial charge in [-0.2, -0.15) is 0 Å². The molecule has 20 heavy (non-hydrogen) atoms. The highest BCUT2D eigenvalue weighted by molar-refractivity contribution is 5.66. The van der Waals surface area contributed by atoms with Crippen molar-refractivity contribution in [3.05, 3.63) is 53.8 Å². The first-order valence-electron chi connectivity index (χ1n) is 5.74. The molecule has 0 aromatic heterocycles. The minimum absolute atomic E-state index is 0.0123. The molecule has 0 fully saturated rings. The summed E-state index contributed by atoms with van der Waals surface area (Å²) in [7, 11) is 0. The third-order valence-electron chi connectivity index (χ3n) is 2.68. The normalized spacial score (nSPS) is 11.4. The second-order valence-electron chi connectivity index (χ2n) is 4.06. The van der Waals surface area contributed by atoms with Crippen LogP contribution in [0.2, 0.25) is 0 Å². The predicted molar refractivity (Wildman–Crippen MR) is 66.4 cm³/mol. The summed E-state index contributed by atoms with van der Waals surface area (Å²) in [6.45, 7) is 0.0123.